The van der Waals surface area contributed by atoms with E-state index in [-0.39, 0.29) is 16.6 Å². The molecule has 1 amide bonds. The lowest BCUT2D eigenvalue weighted by atomic mass is 10.0. The highest BCUT2D eigenvalue weighted by Crippen LogP contribution is 2.18. The zero-order valence-electron chi connectivity index (χ0n) is 10.5. The van der Waals surface area contributed by atoms with E-state index in [2.05, 4.69) is 26.2 Å². The Bertz CT molecular complexity index is 494. The largest absolute Gasteiger partial charge is 0.480 e. The molecule has 1 aromatic rings. The molecule has 1 aromatic heterocycles. The molecule has 19 heavy (non-hydrogen) atoms. The number of nitrogens with one attached hydrogen (secondary N) is 1. The van der Waals surface area contributed by atoms with E-state index in [4.69, 9.17) is 16.7 Å². The van der Waals surface area contributed by atoms with Crippen LogP contribution in [0.4, 0.5) is 0 Å². The van der Waals surface area contributed by atoms with Crippen LogP contribution >= 0.6 is 27.5 Å². The van der Waals surface area contributed by atoms with Crippen molar-refractivity contribution >= 4 is 39.4 Å². The Hall–Kier alpha value is -1.14. The molecule has 0 aliphatic carbocycles. The van der Waals surface area contributed by atoms with E-state index in [9.17, 15) is 9.59 Å². The van der Waals surface area contributed by atoms with Crippen molar-refractivity contribution in [3.8, 4) is 0 Å². The summed E-state index contributed by atoms with van der Waals surface area (Å²) in [7, 11) is 0. The Morgan fingerprint density at radius 3 is 2.68 bits per heavy atom. The fourth-order valence-corrected chi connectivity index (χ4v) is 2.03. The maximum absolute atomic E-state index is 12.0. The normalized spacial score (nSPS) is 12.3. The molecule has 0 aromatic carbocycles. The topological polar surface area (TPSA) is 79.3 Å². The van der Waals surface area contributed by atoms with Gasteiger partial charge in [0.15, 0.2) is 0 Å². The molecule has 1 rings (SSSR count). The van der Waals surface area contributed by atoms with Crippen LogP contribution < -0.4 is 5.32 Å². The molecule has 104 valence electrons. The predicted molar refractivity (Wildman–Crippen MR) is 75.3 cm³/mol. The van der Waals surface area contributed by atoms with E-state index < -0.39 is 17.9 Å². The van der Waals surface area contributed by atoms with Crippen LogP contribution in [-0.4, -0.2) is 28.0 Å². The van der Waals surface area contributed by atoms with Crippen molar-refractivity contribution < 1.29 is 14.7 Å². The van der Waals surface area contributed by atoms with Crippen molar-refractivity contribution in [2.45, 2.75) is 26.3 Å². The number of pyridine rings is 1. The summed E-state index contributed by atoms with van der Waals surface area (Å²) in [5.74, 6) is -1.47. The van der Waals surface area contributed by atoms with E-state index in [1.54, 1.807) is 0 Å². The molecule has 1 atom stereocenters. The number of carboxylic acids is 1. The Morgan fingerprint density at radius 2 is 2.16 bits per heavy atom. The zero-order valence-corrected chi connectivity index (χ0v) is 12.8. The van der Waals surface area contributed by atoms with Gasteiger partial charge in [0.1, 0.15) is 11.2 Å². The number of amides is 1. The van der Waals surface area contributed by atoms with E-state index in [1.807, 2.05) is 13.8 Å². The Morgan fingerprint density at radius 1 is 1.53 bits per heavy atom. The molecule has 0 saturated heterocycles. The van der Waals surface area contributed by atoms with Crippen molar-refractivity contribution in [1.82, 2.24) is 10.3 Å². The van der Waals surface area contributed by atoms with Crippen molar-refractivity contribution in [3.63, 3.8) is 0 Å². The van der Waals surface area contributed by atoms with Gasteiger partial charge in [-0.15, -0.1) is 0 Å². The highest BCUT2D eigenvalue weighted by atomic mass is 79.9. The van der Waals surface area contributed by atoms with Gasteiger partial charge >= 0.3 is 5.97 Å². The van der Waals surface area contributed by atoms with Crippen LogP contribution in [-0.2, 0) is 4.79 Å². The first-order valence-corrected chi connectivity index (χ1v) is 6.83. The second-order valence-electron chi connectivity index (χ2n) is 4.49. The van der Waals surface area contributed by atoms with Gasteiger partial charge in [0.2, 0.25) is 0 Å². The number of aromatic nitrogens is 1. The number of hydrogen-bond acceptors (Lipinski definition) is 3. The monoisotopic (exact) mass is 348 g/mol. The molecule has 0 aliphatic heterocycles. The number of carboxylic acid groups (broad SMARTS) is 1. The van der Waals surface area contributed by atoms with Crippen LogP contribution in [0.5, 0.6) is 0 Å². The quantitative estimate of drug-likeness (QED) is 0.801. The summed E-state index contributed by atoms with van der Waals surface area (Å²) in [6.07, 6.45) is 1.81. The average Bonchev–Trinajstić information content (AvgIpc) is 2.30. The lowest BCUT2D eigenvalue weighted by molar-refractivity contribution is -0.139. The SMILES string of the molecule is CC(C)CC(NC(=O)c1cc(Br)cnc1Cl)C(=O)O. The molecular weight excluding hydrogens is 336 g/mol. The van der Waals surface area contributed by atoms with Gasteiger partial charge in [-0.25, -0.2) is 9.78 Å². The van der Waals surface area contributed by atoms with E-state index in [0.717, 1.165) is 0 Å². The number of carbonyl (C=O) groups is 2. The van der Waals surface area contributed by atoms with Crippen LogP contribution in [0.2, 0.25) is 5.15 Å². The molecule has 0 radical (unpaired) electrons. The molecule has 1 heterocycles. The highest BCUT2D eigenvalue weighted by molar-refractivity contribution is 9.10. The van der Waals surface area contributed by atoms with Gasteiger partial charge in [-0.1, -0.05) is 25.4 Å². The van der Waals surface area contributed by atoms with Gasteiger partial charge in [0.25, 0.3) is 5.91 Å². The minimum absolute atomic E-state index is 0.0365. The maximum atomic E-state index is 12.0. The average molecular weight is 350 g/mol. The number of aliphatic carboxylic acids is 1. The molecule has 0 spiro atoms. The van der Waals surface area contributed by atoms with Crippen LogP contribution in [0.25, 0.3) is 0 Å². The first kappa shape index (κ1) is 15.9. The molecule has 0 aliphatic rings. The number of carbonyl (C=O) groups excluding carboxylic acids is 1. The fraction of sp³-hybridized carbons (Fsp3) is 0.417. The predicted octanol–water partition coefficient (Wildman–Crippen LogP) is 2.73. The smallest absolute Gasteiger partial charge is 0.326 e. The molecule has 2 N–H and O–H groups in total. The van der Waals surface area contributed by atoms with E-state index >= 15 is 0 Å². The standard InChI is InChI=1S/C12H14BrClN2O3/c1-6(2)3-9(12(18)19)16-11(17)8-4-7(13)5-15-10(8)14/h4-6,9H,3H2,1-2H3,(H,16,17)(H,18,19). The summed E-state index contributed by atoms with van der Waals surface area (Å²) in [6.45, 7) is 3.77. The van der Waals surface area contributed by atoms with Gasteiger partial charge in [-0.3, -0.25) is 4.79 Å². The van der Waals surface area contributed by atoms with Gasteiger partial charge < -0.3 is 10.4 Å². The number of rotatable bonds is 5. The summed E-state index contributed by atoms with van der Waals surface area (Å²) in [5, 5.41) is 11.6. The molecular formula is C12H14BrClN2O3. The lowest BCUT2D eigenvalue weighted by Gasteiger charge is -2.16. The van der Waals surface area contributed by atoms with Crippen molar-refractivity contribution in [3.05, 3.63) is 27.5 Å². The van der Waals surface area contributed by atoms with Crippen LogP contribution in [0.15, 0.2) is 16.7 Å². The summed E-state index contributed by atoms with van der Waals surface area (Å²) in [4.78, 5) is 26.9. The van der Waals surface area contributed by atoms with Crippen LogP contribution in [0, 0.1) is 5.92 Å². The Kier molecular flexibility index (Phi) is 5.75. The van der Waals surface area contributed by atoms with E-state index in [1.165, 1.54) is 12.3 Å². The summed E-state index contributed by atoms with van der Waals surface area (Å²) in [5.41, 5.74) is 0.144. The fourth-order valence-electron chi connectivity index (χ4n) is 1.51. The minimum atomic E-state index is -1.07. The van der Waals surface area contributed by atoms with Crippen LogP contribution in [0.1, 0.15) is 30.6 Å². The molecule has 7 heteroatoms. The molecule has 1 unspecified atom stereocenters. The molecule has 5 nitrogen and oxygen atoms in total. The molecule has 0 saturated carbocycles. The summed E-state index contributed by atoms with van der Waals surface area (Å²) >= 11 is 9.00. The molecule has 0 fully saturated rings. The van der Waals surface area contributed by atoms with E-state index in [0.29, 0.717) is 10.9 Å². The Balaban J connectivity index is 2.87. The molecule has 0 bridgehead atoms. The first-order valence-electron chi connectivity index (χ1n) is 5.66. The maximum Gasteiger partial charge on any atom is 0.326 e. The summed E-state index contributed by atoms with van der Waals surface area (Å²) in [6, 6.07) is 0.557. The van der Waals surface area contributed by atoms with Crippen molar-refractivity contribution in [2.24, 2.45) is 5.92 Å². The minimum Gasteiger partial charge on any atom is -0.480 e. The second kappa shape index (κ2) is 6.86. The third-order valence-electron chi connectivity index (χ3n) is 2.36. The lowest BCUT2D eigenvalue weighted by Crippen LogP contribution is -2.41. The Labute approximate surface area is 124 Å². The van der Waals surface area contributed by atoms with Crippen molar-refractivity contribution in [2.75, 3.05) is 0 Å². The van der Waals surface area contributed by atoms with Gasteiger partial charge in [0, 0.05) is 10.7 Å². The third kappa shape index (κ3) is 4.80. The van der Waals surface area contributed by atoms with Gasteiger partial charge in [0.05, 0.1) is 5.56 Å². The third-order valence-corrected chi connectivity index (χ3v) is 3.10. The number of nitrogens with zero attached hydrogens (tertiary/aromatic N) is 1. The number of halogens is 2. The summed E-state index contributed by atoms with van der Waals surface area (Å²) < 4.78 is 0.595. The van der Waals surface area contributed by atoms with Crippen LogP contribution in [0.3, 0.4) is 0 Å². The van der Waals surface area contributed by atoms with Gasteiger partial charge in [-0.05, 0) is 34.3 Å². The highest BCUT2D eigenvalue weighted by Gasteiger charge is 2.23. The number of hydrogen-bond donors (Lipinski definition) is 2. The zero-order chi connectivity index (χ0) is 14.6. The van der Waals surface area contributed by atoms with Gasteiger partial charge in [-0.2, -0.15) is 0 Å². The first-order chi connectivity index (χ1) is 8.81. The second-order valence-corrected chi connectivity index (χ2v) is 5.76. The van der Waals surface area contributed by atoms with Crippen molar-refractivity contribution in [1.29, 1.82) is 0 Å².